The number of likely N-dealkylation sites (N-methyl/N-ethyl adjacent to an activating group) is 1. The molecule has 3 aromatic carbocycles. The summed E-state index contributed by atoms with van der Waals surface area (Å²) in [5, 5.41) is 7.83. The normalized spacial score (nSPS) is 12.0. The van der Waals surface area contributed by atoms with Crippen molar-refractivity contribution < 1.29 is 14.0 Å². The van der Waals surface area contributed by atoms with Gasteiger partial charge in [0.05, 0.1) is 12.6 Å². The van der Waals surface area contributed by atoms with Gasteiger partial charge in [0.15, 0.2) is 0 Å². The Morgan fingerprint density at radius 1 is 1.00 bits per heavy atom. The maximum atomic E-state index is 13.0. The standard InChI is InChI=1S/C24H26FN3O2/c1-3-28(16-23(29)26-15-18-11-13-20(25)14-12-18)17(2)24(30)27-22-10-6-8-19-7-4-5-9-21(19)22/h4-14,17H,3,15-16H2,1-2H3,(H,26,29)(H,27,30)/t17-/m0/s1. The van der Waals surface area contributed by atoms with E-state index in [2.05, 4.69) is 10.6 Å². The lowest BCUT2D eigenvalue weighted by Gasteiger charge is -2.26. The fourth-order valence-electron chi connectivity index (χ4n) is 3.30. The smallest absolute Gasteiger partial charge is 0.241 e. The molecule has 1 atom stereocenters. The van der Waals surface area contributed by atoms with E-state index < -0.39 is 6.04 Å². The molecule has 0 aliphatic rings. The van der Waals surface area contributed by atoms with Crippen molar-refractivity contribution in [3.63, 3.8) is 0 Å². The van der Waals surface area contributed by atoms with Gasteiger partial charge >= 0.3 is 0 Å². The van der Waals surface area contributed by atoms with Crippen molar-refractivity contribution in [2.45, 2.75) is 26.4 Å². The number of halogens is 1. The summed E-state index contributed by atoms with van der Waals surface area (Å²) in [5.74, 6) is -0.668. The number of carbonyl (C=O) groups excluding carboxylic acids is 2. The molecule has 0 unspecified atom stereocenters. The fourth-order valence-corrected chi connectivity index (χ4v) is 3.30. The van der Waals surface area contributed by atoms with Crippen LogP contribution in [0.15, 0.2) is 66.7 Å². The molecule has 0 radical (unpaired) electrons. The summed E-state index contributed by atoms with van der Waals surface area (Å²) in [6.07, 6.45) is 0. The van der Waals surface area contributed by atoms with Crippen LogP contribution in [0.1, 0.15) is 19.4 Å². The van der Waals surface area contributed by atoms with Crippen LogP contribution in [-0.4, -0.2) is 35.8 Å². The molecule has 0 bridgehead atoms. The molecule has 6 heteroatoms. The maximum Gasteiger partial charge on any atom is 0.241 e. The van der Waals surface area contributed by atoms with E-state index in [0.717, 1.165) is 22.0 Å². The highest BCUT2D eigenvalue weighted by atomic mass is 19.1. The molecule has 3 rings (SSSR count). The van der Waals surface area contributed by atoms with Gasteiger partial charge in [0, 0.05) is 17.6 Å². The molecular formula is C24H26FN3O2. The van der Waals surface area contributed by atoms with Gasteiger partial charge in [-0.1, -0.05) is 55.5 Å². The first-order valence-corrected chi connectivity index (χ1v) is 10.0. The molecule has 0 saturated heterocycles. The zero-order valence-corrected chi connectivity index (χ0v) is 17.2. The molecule has 0 spiro atoms. The van der Waals surface area contributed by atoms with E-state index in [1.165, 1.54) is 12.1 Å². The minimum Gasteiger partial charge on any atom is -0.351 e. The second kappa shape index (κ2) is 9.98. The van der Waals surface area contributed by atoms with Gasteiger partial charge < -0.3 is 10.6 Å². The van der Waals surface area contributed by atoms with E-state index in [4.69, 9.17) is 0 Å². The molecule has 0 aromatic heterocycles. The van der Waals surface area contributed by atoms with Crippen LogP contribution < -0.4 is 10.6 Å². The third kappa shape index (κ3) is 5.42. The summed E-state index contributed by atoms with van der Waals surface area (Å²) < 4.78 is 13.0. The predicted octanol–water partition coefficient (Wildman–Crippen LogP) is 3.94. The Morgan fingerprint density at radius 2 is 1.70 bits per heavy atom. The van der Waals surface area contributed by atoms with Gasteiger partial charge in [0.25, 0.3) is 0 Å². The quantitative estimate of drug-likeness (QED) is 0.595. The van der Waals surface area contributed by atoms with E-state index in [1.807, 2.05) is 49.4 Å². The number of nitrogens with zero attached hydrogens (tertiary/aromatic N) is 1. The molecule has 156 valence electrons. The maximum absolute atomic E-state index is 13.0. The van der Waals surface area contributed by atoms with Crippen molar-refractivity contribution >= 4 is 28.3 Å². The van der Waals surface area contributed by atoms with Gasteiger partial charge in [0.1, 0.15) is 5.82 Å². The second-order valence-electron chi connectivity index (χ2n) is 7.16. The Kier molecular flexibility index (Phi) is 7.14. The van der Waals surface area contributed by atoms with Crippen LogP contribution in [0.5, 0.6) is 0 Å². The number of carbonyl (C=O) groups is 2. The molecule has 2 N–H and O–H groups in total. The third-order valence-corrected chi connectivity index (χ3v) is 5.13. The molecule has 2 amide bonds. The summed E-state index contributed by atoms with van der Waals surface area (Å²) in [5.41, 5.74) is 1.57. The fraction of sp³-hybridized carbons (Fsp3) is 0.250. The van der Waals surface area contributed by atoms with E-state index in [9.17, 15) is 14.0 Å². The molecule has 0 saturated carbocycles. The third-order valence-electron chi connectivity index (χ3n) is 5.13. The van der Waals surface area contributed by atoms with Gasteiger partial charge in [-0.15, -0.1) is 0 Å². The van der Waals surface area contributed by atoms with Crippen molar-refractivity contribution in [3.8, 4) is 0 Å². The Morgan fingerprint density at radius 3 is 2.43 bits per heavy atom. The summed E-state index contributed by atoms with van der Waals surface area (Å²) >= 11 is 0. The van der Waals surface area contributed by atoms with Crippen LogP contribution in [0.4, 0.5) is 10.1 Å². The zero-order chi connectivity index (χ0) is 21.5. The number of hydrogen-bond donors (Lipinski definition) is 2. The van der Waals surface area contributed by atoms with E-state index in [-0.39, 0.29) is 24.2 Å². The molecular weight excluding hydrogens is 381 g/mol. The van der Waals surface area contributed by atoms with Crippen molar-refractivity contribution in [1.29, 1.82) is 0 Å². The average molecular weight is 407 g/mol. The number of hydrogen-bond acceptors (Lipinski definition) is 3. The predicted molar refractivity (Wildman–Crippen MR) is 118 cm³/mol. The molecule has 0 heterocycles. The first-order valence-electron chi connectivity index (χ1n) is 10.0. The van der Waals surface area contributed by atoms with Crippen molar-refractivity contribution in [1.82, 2.24) is 10.2 Å². The van der Waals surface area contributed by atoms with E-state index >= 15 is 0 Å². The first kappa shape index (κ1) is 21.5. The molecule has 5 nitrogen and oxygen atoms in total. The van der Waals surface area contributed by atoms with Gasteiger partial charge in [0.2, 0.25) is 11.8 Å². The summed E-state index contributed by atoms with van der Waals surface area (Å²) in [6, 6.07) is 19.1. The number of fused-ring (bicyclic) bond motifs is 1. The van der Waals surface area contributed by atoms with Crippen LogP contribution in [-0.2, 0) is 16.1 Å². The van der Waals surface area contributed by atoms with Gasteiger partial charge in [-0.25, -0.2) is 4.39 Å². The van der Waals surface area contributed by atoms with Crippen LogP contribution in [0.25, 0.3) is 10.8 Å². The molecule has 0 aliphatic carbocycles. The summed E-state index contributed by atoms with van der Waals surface area (Å²) in [4.78, 5) is 27.0. The lowest BCUT2D eigenvalue weighted by Crippen LogP contribution is -2.46. The summed E-state index contributed by atoms with van der Waals surface area (Å²) in [7, 11) is 0. The second-order valence-corrected chi connectivity index (χ2v) is 7.16. The number of rotatable bonds is 8. The SMILES string of the molecule is CCN(CC(=O)NCc1ccc(F)cc1)[C@@H](C)C(=O)Nc1cccc2ccccc12. The highest BCUT2D eigenvalue weighted by molar-refractivity contribution is 6.03. The lowest BCUT2D eigenvalue weighted by molar-refractivity contribution is -0.125. The minimum absolute atomic E-state index is 0.0990. The Balaban J connectivity index is 1.58. The zero-order valence-electron chi connectivity index (χ0n) is 17.2. The number of benzene rings is 3. The van der Waals surface area contributed by atoms with Gasteiger partial charge in [-0.05, 0) is 42.6 Å². The monoisotopic (exact) mass is 407 g/mol. The van der Waals surface area contributed by atoms with Crippen LogP contribution in [0.3, 0.4) is 0 Å². The van der Waals surface area contributed by atoms with Crippen LogP contribution in [0, 0.1) is 5.82 Å². The van der Waals surface area contributed by atoms with Crippen molar-refractivity contribution in [2.75, 3.05) is 18.4 Å². The van der Waals surface area contributed by atoms with Gasteiger partial charge in [-0.3, -0.25) is 14.5 Å². The summed E-state index contributed by atoms with van der Waals surface area (Å²) in [6.45, 7) is 4.66. The van der Waals surface area contributed by atoms with E-state index in [1.54, 1.807) is 24.0 Å². The molecule has 0 aliphatic heterocycles. The molecule has 3 aromatic rings. The Bertz CT molecular complexity index is 1020. The number of amides is 2. The number of anilines is 1. The highest BCUT2D eigenvalue weighted by Gasteiger charge is 2.22. The van der Waals surface area contributed by atoms with Crippen molar-refractivity contribution in [2.24, 2.45) is 0 Å². The first-order chi connectivity index (χ1) is 14.5. The molecule has 0 fully saturated rings. The number of nitrogens with one attached hydrogen (secondary N) is 2. The Hall–Kier alpha value is -3.25. The Labute approximate surface area is 175 Å². The van der Waals surface area contributed by atoms with Crippen LogP contribution >= 0.6 is 0 Å². The lowest BCUT2D eigenvalue weighted by atomic mass is 10.1. The van der Waals surface area contributed by atoms with Crippen molar-refractivity contribution in [3.05, 3.63) is 78.1 Å². The molecule has 30 heavy (non-hydrogen) atoms. The largest absolute Gasteiger partial charge is 0.351 e. The minimum atomic E-state index is -0.481. The van der Waals surface area contributed by atoms with E-state index in [0.29, 0.717) is 13.1 Å². The highest BCUT2D eigenvalue weighted by Crippen LogP contribution is 2.23. The average Bonchev–Trinajstić information content (AvgIpc) is 2.77. The van der Waals surface area contributed by atoms with Gasteiger partial charge in [-0.2, -0.15) is 0 Å². The van der Waals surface area contributed by atoms with Crippen LogP contribution in [0.2, 0.25) is 0 Å². The topological polar surface area (TPSA) is 61.4 Å².